The number of anilines is 1. The molecule has 0 saturated heterocycles. The fourth-order valence-electron chi connectivity index (χ4n) is 4.70. The van der Waals surface area contributed by atoms with E-state index < -0.39 is 5.60 Å². The molecule has 0 aliphatic carbocycles. The third kappa shape index (κ3) is 5.02. The summed E-state index contributed by atoms with van der Waals surface area (Å²) in [5, 5.41) is 5.81. The summed E-state index contributed by atoms with van der Waals surface area (Å²) in [4.78, 5) is 0. The lowest BCUT2D eigenvalue weighted by molar-refractivity contribution is -0.159. The number of fused-ring (bicyclic) bond motifs is 2. The van der Waals surface area contributed by atoms with Crippen molar-refractivity contribution in [3.8, 4) is 5.75 Å². The quantitative estimate of drug-likeness (QED) is 0.314. The zero-order chi connectivity index (χ0) is 24.4. The Kier molecular flexibility index (Phi) is 6.46. The summed E-state index contributed by atoms with van der Waals surface area (Å²) in [5.41, 5.74) is 3.41. The summed E-state index contributed by atoms with van der Waals surface area (Å²) in [6, 6.07) is 27.2. The van der Waals surface area contributed by atoms with E-state index in [1.807, 2.05) is 38.1 Å². The molecule has 1 aliphatic heterocycles. The molecule has 180 valence electrons. The van der Waals surface area contributed by atoms with Crippen molar-refractivity contribution in [1.29, 1.82) is 0 Å². The molecule has 5 heteroatoms. The molecule has 1 N–H and O–H groups in total. The number of nitrogens with one attached hydrogen (secondary N) is 1. The van der Waals surface area contributed by atoms with Gasteiger partial charge in [-0.2, -0.15) is 0 Å². The van der Waals surface area contributed by atoms with Crippen LogP contribution in [0, 0.1) is 5.82 Å². The third-order valence-electron chi connectivity index (χ3n) is 6.56. The minimum absolute atomic E-state index is 0.236. The zero-order valence-corrected chi connectivity index (χ0v) is 20.3. The van der Waals surface area contributed by atoms with Crippen LogP contribution in [0.15, 0.2) is 84.9 Å². The molecule has 0 spiro atoms. The third-order valence-corrected chi connectivity index (χ3v) is 6.56. The Hall–Kier alpha value is -3.41. The molecule has 0 aromatic heterocycles. The average Bonchev–Trinajstić information content (AvgIpc) is 2.86. The first-order chi connectivity index (χ1) is 16.9. The maximum absolute atomic E-state index is 13.2. The molecule has 4 aromatic carbocycles. The molecule has 1 heterocycles. The van der Waals surface area contributed by atoms with Crippen LogP contribution in [0.3, 0.4) is 0 Å². The van der Waals surface area contributed by atoms with Crippen molar-refractivity contribution in [3.05, 3.63) is 107 Å². The van der Waals surface area contributed by atoms with Gasteiger partial charge in [0.05, 0.1) is 6.61 Å². The van der Waals surface area contributed by atoms with Gasteiger partial charge in [0.1, 0.15) is 29.4 Å². The van der Waals surface area contributed by atoms with Gasteiger partial charge in [-0.1, -0.05) is 48.5 Å². The SMILES string of the molecule is COC1c2cc(NCc3ccc(F)cc3)ccc2OC(C)(C)C1OCc1ccc2ccccc2c1. The van der Waals surface area contributed by atoms with E-state index in [0.717, 1.165) is 28.1 Å². The fourth-order valence-corrected chi connectivity index (χ4v) is 4.70. The average molecular weight is 472 g/mol. The van der Waals surface area contributed by atoms with E-state index in [1.165, 1.54) is 22.9 Å². The van der Waals surface area contributed by atoms with Crippen LogP contribution < -0.4 is 10.1 Å². The Labute approximate surface area is 205 Å². The Morgan fingerprint density at radius 1 is 0.886 bits per heavy atom. The van der Waals surface area contributed by atoms with Gasteiger partial charge in [0, 0.05) is 24.9 Å². The van der Waals surface area contributed by atoms with Gasteiger partial charge in [0.25, 0.3) is 0 Å². The van der Waals surface area contributed by atoms with Crippen molar-refractivity contribution < 1.29 is 18.6 Å². The first kappa shape index (κ1) is 23.3. The highest BCUT2D eigenvalue weighted by Crippen LogP contribution is 2.44. The highest BCUT2D eigenvalue weighted by atomic mass is 19.1. The van der Waals surface area contributed by atoms with E-state index in [1.54, 1.807) is 19.2 Å². The molecule has 0 radical (unpaired) electrons. The van der Waals surface area contributed by atoms with Crippen molar-refractivity contribution >= 4 is 16.5 Å². The largest absolute Gasteiger partial charge is 0.485 e. The highest BCUT2D eigenvalue weighted by Gasteiger charge is 2.45. The highest BCUT2D eigenvalue weighted by molar-refractivity contribution is 5.82. The number of ether oxygens (including phenoxy) is 3. The molecular weight excluding hydrogens is 441 g/mol. The molecule has 0 saturated carbocycles. The summed E-state index contributed by atoms with van der Waals surface area (Å²) < 4.78 is 32.0. The molecule has 0 amide bonds. The normalized spacial score (nSPS) is 18.6. The maximum atomic E-state index is 13.2. The van der Waals surface area contributed by atoms with Gasteiger partial charge in [-0.3, -0.25) is 0 Å². The van der Waals surface area contributed by atoms with Crippen LogP contribution >= 0.6 is 0 Å². The monoisotopic (exact) mass is 471 g/mol. The first-order valence-corrected chi connectivity index (χ1v) is 11.9. The smallest absolute Gasteiger partial charge is 0.132 e. The van der Waals surface area contributed by atoms with Crippen molar-refractivity contribution in [2.45, 2.75) is 44.8 Å². The number of halogens is 1. The van der Waals surface area contributed by atoms with Crippen molar-refractivity contribution in [2.24, 2.45) is 0 Å². The minimum atomic E-state index is -0.576. The van der Waals surface area contributed by atoms with Crippen LogP contribution in [-0.2, 0) is 22.6 Å². The number of benzene rings is 4. The van der Waals surface area contributed by atoms with Gasteiger partial charge in [-0.15, -0.1) is 0 Å². The molecule has 2 unspecified atom stereocenters. The lowest BCUT2D eigenvalue weighted by atomic mass is 9.88. The van der Waals surface area contributed by atoms with Gasteiger partial charge in [0.15, 0.2) is 0 Å². The van der Waals surface area contributed by atoms with Crippen molar-refractivity contribution in [3.63, 3.8) is 0 Å². The van der Waals surface area contributed by atoms with Crippen molar-refractivity contribution in [1.82, 2.24) is 0 Å². The van der Waals surface area contributed by atoms with E-state index in [0.29, 0.717) is 13.2 Å². The predicted molar refractivity (Wildman–Crippen MR) is 137 cm³/mol. The summed E-state index contributed by atoms with van der Waals surface area (Å²) in [6.45, 7) is 5.12. The second-order valence-electron chi connectivity index (χ2n) is 9.51. The number of methoxy groups -OCH3 is 1. The first-order valence-electron chi connectivity index (χ1n) is 11.9. The molecular formula is C30H30FNO3. The van der Waals surface area contributed by atoms with E-state index in [9.17, 15) is 4.39 Å². The predicted octanol–water partition coefficient (Wildman–Crippen LogP) is 7.03. The summed E-state index contributed by atoms with van der Waals surface area (Å²) >= 11 is 0. The van der Waals surface area contributed by atoms with Gasteiger partial charge < -0.3 is 19.5 Å². The summed E-state index contributed by atoms with van der Waals surface area (Å²) in [6.07, 6.45) is -0.597. The van der Waals surface area contributed by atoms with Crippen LogP contribution in [0.1, 0.15) is 36.6 Å². The Morgan fingerprint density at radius 3 is 2.40 bits per heavy atom. The lowest BCUT2D eigenvalue weighted by Gasteiger charge is -2.44. The molecule has 5 rings (SSSR count). The number of rotatable bonds is 7. The van der Waals surface area contributed by atoms with E-state index >= 15 is 0 Å². The molecule has 4 nitrogen and oxygen atoms in total. The summed E-state index contributed by atoms with van der Waals surface area (Å²) in [7, 11) is 1.71. The van der Waals surface area contributed by atoms with Crippen LogP contribution in [-0.4, -0.2) is 18.8 Å². The van der Waals surface area contributed by atoms with Gasteiger partial charge >= 0.3 is 0 Å². The Balaban J connectivity index is 1.35. The van der Waals surface area contributed by atoms with E-state index in [2.05, 4.69) is 41.7 Å². The van der Waals surface area contributed by atoms with Gasteiger partial charge in [-0.05, 0) is 72.1 Å². The Bertz CT molecular complexity index is 1320. The second-order valence-corrected chi connectivity index (χ2v) is 9.51. The molecule has 0 fully saturated rings. The fraction of sp³-hybridized carbons (Fsp3) is 0.267. The molecule has 0 bridgehead atoms. The van der Waals surface area contributed by atoms with E-state index in [4.69, 9.17) is 14.2 Å². The van der Waals surface area contributed by atoms with Gasteiger partial charge in [-0.25, -0.2) is 4.39 Å². The standard InChI is InChI=1S/C30H30FNO3/c1-30(2)29(34-19-21-8-11-22-6-4-5-7-23(22)16-21)28(33-3)26-17-25(14-15-27(26)35-30)32-18-20-9-12-24(31)13-10-20/h4-17,28-29,32H,18-19H2,1-3H3. The molecule has 4 aromatic rings. The Morgan fingerprint density at radius 2 is 1.63 bits per heavy atom. The minimum Gasteiger partial charge on any atom is -0.485 e. The number of hydrogen-bond acceptors (Lipinski definition) is 4. The molecule has 2 atom stereocenters. The second kappa shape index (κ2) is 9.68. The maximum Gasteiger partial charge on any atom is 0.132 e. The van der Waals surface area contributed by atoms with Crippen molar-refractivity contribution in [2.75, 3.05) is 12.4 Å². The van der Waals surface area contributed by atoms with Gasteiger partial charge in [0.2, 0.25) is 0 Å². The van der Waals surface area contributed by atoms with Crippen LogP contribution in [0.4, 0.5) is 10.1 Å². The number of hydrogen-bond donors (Lipinski definition) is 1. The summed E-state index contributed by atoms with van der Waals surface area (Å²) in [5.74, 6) is 0.555. The molecule has 1 aliphatic rings. The van der Waals surface area contributed by atoms with Crippen LogP contribution in [0.25, 0.3) is 10.8 Å². The zero-order valence-electron chi connectivity index (χ0n) is 20.3. The topological polar surface area (TPSA) is 39.7 Å². The van der Waals surface area contributed by atoms with Crippen LogP contribution in [0.2, 0.25) is 0 Å². The van der Waals surface area contributed by atoms with E-state index in [-0.39, 0.29) is 18.0 Å². The lowest BCUT2D eigenvalue weighted by Crippen LogP contribution is -2.50. The molecule has 35 heavy (non-hydrogen) atoms. The van der Waals surface area contributed by atoms with Crippen LogP contribution in [0.5, 0.6) is 5.75 Å².